The number of nitrogens with two attached hydrogens (primary N) is 2. The number of benzene rings is 2. The Morgan fingerprint density at radius 3 is 2.52 bits per heavy atom. The Hall–Kier alpha value is -2.61. The number of nitrogens with one attached hydrogen (secondary N) is 2. The first-order valence-corrected chi connectivity index (χ1v) is 12.4. The van der Waals surface area contributed by atoms with Crippen LogP contribution in [0.5, 0.6) is 0 Å². The minimum atomic E-state index is -0.975. The van der Waals surface area contributed by atoms with Crippen LogP contribution in [0.15, 0.2) is 47.5 Å². The van der Waals surface area contributed by atoms with E-state index in [1.54, 1.807) is 0 Å². The molecule has 1 unspecified atom stereocenters. The summed E-state index contributed by atoms with van der Waals surface area (Å²) in [4.78, 5) is 9.71. The van der Waals surface area contributed by atoms with Gasteiger partial charge in [0.25, 0.3) is 0 Å². The van der Waals surface area contributed by atoms with Crippen molar-refractivity contribution in [1.29, 1.82) is 0 Å². The van der Waals surface area contributed by atoms with Crippen LogP contribution in [0, 0.1) is 5.92 Å². The van der Waals surface area contributed by atoms with Crippen molar-refractivity contribution in [3.63, 3.8) is 0 Å². The number of nitrogens with zero attached hydrogens (tertiary/aromatic N) is 3. The molecule has 3 aliphatic heterocycles. The molecule has 33 heavy (non-hydrogen) atoms. The van der Waals surface area contributed by atoms with Gasteiger partial charge in [0.05, 0.1) is 0 Å². The smallest absolute Gasteiger partial charge is 0.209 e. The molecule has 1 atom stereocenters. The van der Waals surface area contributed by atoms with Crippen LogP contribution in [0.1, 0.15) is 36.8 Å². The predicted octanol–water partition coefficient (Wildman–Crippen LogP) is 2.78. The van der Waals surface area contributed by atoms with E-state index in [0.717, 1.165) is 48.9 Å². The Balaban J connectivity index is 1.13. The Morgan fingerprint density at radius 2 is 1.76 bits per heavy atom. The fraction of sp³-hybridized carbons (Fsp3) is 0.500. The first-order valence-electron chi connectivity index (χ1n) is 12.4. The third-order valence-electron chi connectivity index (χ3n) is 7.39. The SMILES string of the molecule is Nc1ccc2c(c1)NC(N)(c1ccc(N3CCC(CCCN4CCNCC4)CC3)cc1)N=C2. The summed E-state index contributed by atoms with van der Waals surface area (Å²) in [6.07, 6.45) is 7.09. The van der Waals surface area contributed by atoms with Crippen molar-refractivity contribution < 1.29 is 0 Å². The van der Waals surface area contributed by atoms with E-state index in [9.17, 15) is 0 Å². The molecule has 176 valence electrons. The Bertz CT molecular complexity index is 959. The predicted molar refractivity (Wildman–Crippen MR) is 138 cm³/mol. The highest BCUT2D eigenvalue weighted by molar-refractivity contribution is 5.91. The summed E-state index contributed by atoms with van der Waals surface area (Å²) in [6, 6.07) is 14.3. The summed E-state index contributed by atoms with van der Waals surface area (Å²) in [6.45, 7) is 8.24. The van der Waals surface area contributed by atoms with Crippen molar-refractivity contribution in [2.75, 3.05) is 61.8 Å². The molecule has 3 aliphatic rings. The van der Waals surface area contributed by atoms with Crippen molar-refractivity contribution in [3.8, 4) is 0 Å². The summed E-state index contributed by atoms with van der Waals surface area (Å²) < 4.78 is 0. The molecule has 0 amide bonds. The van der Waals surface area contributed by atoms with Gasteiger partial charge in [0.1, 0.15) is 0 Å². The average Bonchev–Trinajstić information content (AvgIpc) is 2.85. The highest BCUT2D eigenvalue weighted by Gasteiger charge is 2.30. The largest absolute Gasteiger partial charge is 0.399 e. The van der Waals surface area contributed by atoms with Crippen LogP contribution in [-0.4, -0.2) is 56.9 Å². The normalized spacial score (nSPS) is 23.8. The molecule has 0 aromatic heterocycles. The summed E-state index contributed by atoms with van der Waals surface area (Å²) >= 11 is 0. The van der Waals surface area contributed by atoms with Crippen molar-refractivity contribution in [2.45, 2.75) is 31.5 Å². The molecule has 7 nitrogen and oxygen atoms in total. The van der Waals surface area contributed by atoms with Gasteiger partial charge in [0.15, 0.2) is 0 Å². The lowest BCUT2D eigenvalue weighted by Crippen LogP contribution is -2.44. The van der Waals surface area contributed by atoms with Gasteiger partial charge in [0.2, 0.25) is 5.79 Å². The summed E-state index contributed by atoms with van der Waals surface area (Å²) in [5.41, 5.74) is 17.4. The Labute approximate surface area is 197 Å². The zero-order valence-electron chi connectivity index (χ0n) is 19.5. The van der Waals surface area contributed by atoms with E-state index in [1.807, 2.05) is 24.4 Å². The number of fused-ring (bicyclic) bond motifs is 1. The van der Waals surface area contributed by atoms with Crippen LogP contribution >= 0.6 is 0 Å². The van der Waals surface area contributed by atoms with E-state index in [4.69, 9.17) is 11.5 Å². The minimum Gasteiger partial charge on any atom is -0.399 e. The van der Waals surface area contributed by atoms with Gasteiger partial charge in [-0.1, -0.05) is 12.1 Å². The van der Waals surface area contributed by atoms with Crippen LogP contribution in [0.4, 0.5) is 17.1 Å². The van der Waals surface area contributed by atoms with E-state index in [-0.39, 0.29) is 0 Å². The summed E-state index contributed by atoms with van der Waals surface area (Å²) in [5, 5.41) is 6.79. The molecule has 7 heteroatoms. The second kappa shape index (κ2) is 9.71. The molecule has 0 saturated carbocycles. The number of anilines is 3. The monoisotopic (exact) mass is 447 g/mol. The molecule has 2 fully saturated rings. The van der Waals surface area contributed by atoms with Gasteiger partial charge >= 0.3 is 0 Å². The van der Waals surface area contributed by atoms with E-state index in [1.165, 1.54) is 51.0 Å². The van der Waals surface area contributed by atoms with Gasteiger partial charge in [-0.05, 0) is 68.5 Å². The molecule has 0 bridgehead atoms. The van der Waals surface area contributed by atoms with Crippen molar-refractivity contribution in [3.05, 3.63) is 53.6 Å². The lowest BCUT2D eigenvalue weighted by Gasteiger charge is -2.35. The molecule has 6 N–H and O–H groups in total. The molecule has 0 aliphatic carbocycles. The Kier molecular flexibility index (Phi) is 6.53. The number of nitrogen functional groups attached to an aromatic ring is 1. The molecule has 5 rings (SSSR count). The lowest BCUT2D eigenvalue weighted by atomic mass is 9.91. The molecule has 2 aromatic rings. The average molecular weight is 448 g/mol. The molecule has 2 saturated heterocycles. The molecule has 0 radical (unpaired) electrons. The lowest BCUT2D eigenvalue weighted by molar-refractivity contribution is 0.227. The van der Waals surface area contributed by atoms with Gasteiger partial charge in [0, 0.05) is 73.7 Å². The number of hydrogen-bond donors (Lipinski definition) is 4. The maximum Gasteiger partial charge on any atom is 0.209 e. The molecular weight excluding hydrogens is 410 g/mol. The van der Waals surface area contributed by atoms with Gasteiger partial charge in [-0.2, -0.15) is 0 Å². The maximum atomic E-state index is 6.62. The fourth-order valence-electron chi connectivity index (χ4n) is 5.29. The van der Waals surface area contributed by atoms with Gasteiger partial charge < -0.3 is 26.2 Å². The maximum absolute atomic E-state index is 6.62. The number of piperazine rings is 1. The molecule has 2 aromatic carbocycles. The van der Waals surface area contributed by atoms with E-state index in [2.05, 4.69) is 49.7 Å². The fourth-order valence-corrected chi connectivity index (χ4v) is 5.29. The highest BCUT2D eigenvalue weighted by atomic mass is 15.3. The zero-order valence-corrected chi connectivity index (χ0v) is 19.5. The topological polar surface area (TPSA) is 94.9 Å². The summed E-state index contributed by atoms with van der Waals surface area (Å²) in [5.74, 6) is -0.111. The third kappa shape index (κ3) is 5.16. The second-order valence-corrected chi connectivity index (χ2v) is 9.71. The van der Waals surface area contributed by atoms with Crippen LogP contribution in [0.2, 0.25) is 0 Å². The van der Waals surface area contributed by atoms with Gasteiger partial charge in [-0.25, -0.2) is 4.99 Å². The van der Waals surface area contributed by atoms with Crippen LogP contribution < -0.4 is 27.0 Å². The zero-order chi connectivity index (χ0) is 22.7. The Morgan fingerprint density at radius 1 is 1.00 bits per heavy atom. The third-order valence-corrected chi connectivity index (χ3v) is 7.39. The van der Waals surface area contributed by atoms with Crippen LogP contribution in [-0.2, 0) is 5.79 Å². The first-order chi connectivity index (χ1) is 16.1. The van der Waals surface area contributed by atoms with Crippen LogP contribution in [0.25, 0.3) is 0 Å². The van der Waals surface area contributed by atoms with E-state index < -0.39 is 5.79 Å². The van der Waals surface area contributed by atoms with Crippen molar-refractivity contribution >= 4 is 23.3 Å². The number of aliphatic imine (C=N–C) groups is 1. The number of hydrogen-bond acceptors (Lipinski definition) is 7. The van der Waals surface area contributed by atoms with E-state index >= 15 is 0 Å². The van der Waals surface area contributed by atoms with Crippen LogP contribution in [0.3, 0.4) is 0 Å². The number of piperidine rings is 1. The quantitative estimate of drug-likeness (QED) is 0.509. The van der Waals surface area contributed by atoms with Crippen molar-refractivity contribution in [1.82, 2.24) is 10.2 Å². The summed E-state index contributed by atoms with van der Waals surface area (Å²) in [7, 11) is 0. The molecule has 3 heterocycles. The number of rotatable bonds is 6. The van der Waals surface area contributed by atoms with Gasteiger partial charge in [-0.3, -0.25) is 5.73 Å². The van der Waals surface area contributed by atoms with E-state index in [0.29, 0.717) is 5.69 Å². The second-order valence-electron chi connectivity index (χ2n) is 9.71. The highest BCUT2D eigenvalue weighted by Crippen LogP contribution is 2.32. The molecule has 0 spiro atoms. The first kappa shape index (κ1) is 22.2. The van der Waals surface area contributed by atoms with Gasteiger partial charge in [-0.15, -0.1) is 0 Å². The minimum absolute atomic E-state index is 0.710. The standard InChI is InChI=1S/C26H37N7/c27-23-6-3-21-19-30-26(28,31-25(21)18-23)22-4-7-24(8-5-22)33-14-9-20(10-15-33)2-1-13-32-16-11-29-12-17-32/h3-8,18-20,29,31H,1-2,9-17,27-28H2. The van der Waals surface area contributed by atoms with Crippen molar-refractivity contribution in [2.24, 2.45) is 16.6 Å². The molecular formula is C26H37N7.